The smallest absolute Gasteiger partial charge is 0.0821 e. The molecule has 0 spiro atoms. The van der Waals surface area contributed by atoms with E-state index >= 15 is 0 Å². The molecule has 1 fully saturated rings. The Morgan fingerprint density at radius 1 is 1.05 bits per heavy atom. The Balaban J connectivity index is 2.22. The second-order valence-electron chi connectivity index (χ2n) is 7.30. The van der Waals surface area contributed by atoms with Crippen molar-refractivity contribution in [3.8, 4) is 0 Å². The first-order chi connectivity index (χ1) is 8.89. The van der Waals surface area contributed by atoms with Crippen LogP contribution in [-0.4, -0.2) is 5.11 Å². The zero-order valence-electron chi connectivity index (χ0n) is 12.8. The molecule has 1 unspecified atom stereocenters. The van der Waals surface area contributed by atoms with Gasteiger partial charge in [-0.1, -0.05) is 64.8 Å². The molecule has 0 aliphatic heterocycles. The standard InChI is InChI=1S/C18H28O/c1-13-9-11-14(12-10-13)17(19)15-7-5-6-8-16(15)18(2,3)4/h5-8,13-14,17,19H,9-12H2,1-4H3. The van der Waals surface area contributed by atoms with Gasteiger partial charge in [0.15, 0.2) is 0 Å². The summed E-state index contributed by atoms with van der Waals surface area (Å²) < 4.78 is 0. The Morgan fingerprint density at radius 3 is 2.21 bits per heavy atom. The molecule has 1 saturated carbocycles. The molecule has 0 amide bonds. The Kier molecular flexibility index (Phi) is 4.35. The topological polar surface area (TPSA) is 20.2 Å². The third-order valence-electron chi connectivity index (χ3n) is 4.59. The van der Waals surface area contributed by atoms with Crippen LogP contribution in [0.4, 0.5) is 0 Å². The summed E-state index contributed by atoms with van der Waals surface area (Å²) in [7, 11) is 0. The zero-order valence-corrected chi connectivity index (χ0v) is 12.8. The molecule has 0 bridgehead atoms. The Hall–Kier alpha value is -0.820. The zero-order chi connectivity index (χ0) is 14.0. The maximum Gasteiger partial charge on any atom is 0.0821 e. The van der Waals surface area contributed by atoms with E-state index in [4.69, 9.17) is 0 Å². The van der Waals surface area contributed by atoms with Crippen molar-refractivity contribution in [1.82, 2.24) is 0 Å². The highest BCUT2D eigenvalue weighted by molar-refractivity contribution is 5.34. The SMILES string of the molecule is CC1CCC(C(O)c2ccccc2C(C)(C)C)CC1. The maximum absolute atomic E-state index is 10.8. The average molecular weight is 260 g/mol. The second kappa shape index (κ2) is 5.66. The first-order valence-electron chi connectivity index (χ1n) is 7.67. The first-order valence-corrected chi connectivity index (χ1v) is 7.67. The molecule has 19 heavy (non-hydrogen) atoms. The van der Waals surface area contributed by atoms with Crippen LogP contribution in [0, 0.1) is 11.8 Å². The van der Waals surface area contributed by atoms with E-state index in [1.54, 1.807) is 0 Å². The van der Waals surface area contributed by atoms with Crippen LogP contribution in [0.2, 0.25) is 0 Å². The van der Waals surface area contributed by atoms with Gasteiger partial charge in [-0.05, 0) is 41.2 Å². The molecule has 2 rings (SSSR count). The van der Waals surface area contributed by atoms with E-state index in [0.29, 0.717) is 5.92 Å². The fourth-order valence-electron chi connectivity index (χ4n) is 3.29. The Morgan fingerprint density at radius 2 is 1.63 bits per heavy atom. The maximum atomic E-state index is 10.8. The van der Waals surface area contributed by atoms with Gasteiger partial charge in [-0.2, -0.15) is 0 Å². The first kappa shape index (κ1) is 14.6. The average Bonchev–Trinajstić information content (AvgIpc) is 2.38. The van der Waals surface area contributed by atoms with Crippen molar-refractivity contribution in [1.29, 1.82) is 0 Å². The minimum absolute atomic E-state index is 0.0968. The van der Waals surface area contributed by atoms with Gasteiger partial charge in [-0.15, -0.1) is 0 Å². The fourth-order valence-corrected chi connectivity index (χ4v) is 3.29. The van der Waals surface area contributed by atoms with Gasteiger partial charge >= 0.3 is 0 Å². The lowest BCUT2D eigenvalue weighted by molar-refractivity contribution is 0.0741. The summed E-state index contributed by atoms with van der Waals surface area (Å²) in [5.74, 6) is 1.28. The van der Waals surface area contributed by atoms with Gasteiger partial charge in [0, 0.05) is 0 Å². The minimum Gasteiger partial charge on any atom is -0.388 e. The van der Waals surface area contributed by atoms with Crippen molar-refractivity contribution in [2.45, 2.75) is 64.9 Å². The Labute approximate surface area is 118 Å². The third-order valence-corrected chi connectivity index (χ3v) is 4.59. The highest BCUT2D eigenvalue weighted by Gasteiger charge is 2.29. The molecular weight excluding hydrogens is 232 g/mol. The van der Waals surface area contributed by atoms with E-state index in [0.717, 1.165) is 11.5 Å². The van der Waals surface area contributed by atoms with Crippen molar-refractivity contribution >= 4 is 0 Å². The molecule has 106 valence electrons. The van der Waals surface area contributed by atoms with Gasteiger partial charge in [-0.3, -0.25) is 0 Å². The summed E-state index contributed by atoms with van der Waals surface area (Å²) >= 11 is 0. The minimum atomic E-state index is -0.289. The van der Waals surface area contributed by atoms with Crippen molar-refractivity contribution in [3.63, 3.8) is 0 Å². The summed E-state index contributed by atoms with van der Waals surface area (Å²) in [6.45, 7) is 9.00. The summed E-state index contributed by atoms with van der Waals surface area (Å²) in [4.78, 5) is 0. The monoisotopic (exact) mass is 260 g/mol. The molecule has 1 aromatic rings. The number of aliphatic hydroxyl groups is 1. The van der Waals surface area contributed by atoms with Gasteiger partial charge in [0.1, 0.15) is 0 Å². The second-order valence-corrected chi connectivity index (χ2v) is 7.30. The summed E-state index contributed by atoms with van der Waals surface area (Å²) in [6.07, 6.45) is 4.57. The molecule has 0 saturated heterocycles. The molecule has 0 radical (unpaired) electrons. The fraction of sp³-hybridized carbons (Fsp3) is 0.667. The van der Waals surface area contributed by atoms with Crippen molar-refractivity contribution in [3.05, 3.63) is 35.4 Å². The number of benzene rings is 1. The number of aliphatic hydroxyl groups excluding tert-OH is 1. The van der Waals surface area contributed by atoms with E-state index < -0.39 is 0 Å². The van der Waals surface area contributed by atoms with Gasteiger partial charge in [0.25, 0.3) is 0 Å². The molecule has 1 aromatic carbocycles. The van der Waals surface area contributed by atoms with Crippen molar-refractivity contribution in [2.75, 3.05) is 0 Å². The van der Waals surface area contributed by atoms with Crippen molar-refractivity contribution in [2.24, 2.45) is 11.8 Å². The van der Waals surface area contributed by atoms with Crippen LogP contribution in [0.25, 0.3) is 0 Å². The van der Waals surface area contributed by atoms with Gasteiger partial charge in [0.2, 0.25) is 0 Å². The predicted molar refractivity (Wildman–Crippen MR) is 81.2 cm³/mol. The van der Waals surface area contributed by atoms with Crippen LogP contribution < -0.4 is 0 Å². The number of hydrogen-bond acceptors (Lipinski definition) is 1. The van der Waals surface area contributed by atoms with E-state index in [-0.39, 0.29) is 11.5 Å². The van der Waals surface area contributed by atoms with Crippen molar-refractivity contribution < 1.29 is 5.11 Å². The molecule has 1 aliphatic carbocycles. The lowest BCUT2D eigenvalue weighted by Crippen LogP contribution is -2.23. The van der Waals surface area contributed by atoms with E-state index in [2.05, 4.69) is 52.0 Å². The molecule has 1 aliphatic rings. The highest BCUT2D eigenvalue weighted by Crippen LogP contribution is 2.39. The molecule has 0 aromatic heterocycles. The number of hydrogen-bond donors (Lipinski definition) is 1. The van der Waals surface area contributed by atoms with E-state index in [1.807, 2.05) is 0 Å². The van der Waals surface area contributed by atoms with Crippen LogP contribution in [-0.2, 0) is 5.41 Å². The van der Waals surface area contributed by atoms with E-state index in [9.17, 15) is 5.11 Å². The van der Waals surface area contributed by atoms with Crippen LogP contribution in [0.3, 0.4) is 0 Å². The highest BCUT2D eigenvalue weighted by atomic mass is 16.3. The van der Waals surface area contributed by atoms with E-state index in [1.165, 1.54) is 31.2 Å². The van der Waals surface area contributed by atoms with Crippen LogP contribution in [0.15, 0.2) is 24.3 Å². The third kappa shape index (κ3) is 3.39. The quantitative estimate of drug-likeness (QED) is 0.806. The summed E-state index contributed by atoms with van der Waals surface area (Å²) in [5.41, 5.74) is 2.54. The lowest BCUT2D eigenvalue weighted by atomic mass is 9.75. The summed E-state index contributed by atoms with van der Waals surface area (Å²) in [6, 6.07) is 8.42. The molecule has 0 heterocycles. The summed E-state index contributed by atoms with van der Waals surface area (Å²) in [5, 5.41) is 10.8. The largest absolute Gasteiger partial charge is 0.388 e. The lowest BCUT2D eigenvalue weighted by Gasteiger charge is -2.33. The molecule has 1 atom stereocenters. The van der Waals surface area contributed by atoms with Gasteiger partial charge in [-0.25, -0.2) is 0 Å². The van der Waals surface area contributed by atoms with Crippen LogP contribution in [0.5, 0.6) is 0 Å². The molecular formula is C18H28O. The predicted octanol–water partition coefficient (Wildman–Crippen LogP) is 4.84. The van der Waals surface area contributed by atoms with Gasteiger partial charge in [0.05, 0.1) is 6.10 Å². The van der Waals surface area contributed by atoms with Crippen LogP contribution in [0.1, 0.15) is 70.6 Å². The van der Waals surface area contributed by atoms with Crippen LogP contribution >= 0.6 is 0 Å². The number of rotatable bonds is 2. The molecule has 1 N–H and O–H groups in total. The normalized spacial score (nSPS) is 26.2. The molecule has 1 nitrogen and oxygen atoms in total. The molecule has 1 heteroatoms. The van der Waals surface area contributed by atoms with Gasteiger partial charge < -0.3 is 5.11 Å². The Bertz CT molecular complexity index is 408.